The van der Waals surface area contributed by atoms with E-state index >= 15 is 0 Å². The molecular weight excluding hydrogens is 279 g/mol. The van der Waals surface area contributed by atoms with Crippen LogP contribution < -0.4 is 0 Å². The Morgan fingerprint density at radius 3 is 2.44 bits per heavy atom. The van der Waals surface area contributed by atoms with Gasteiger partial charge in [-0.2, -0.15) is 0 Å². The van der Waals surface area contributed by atoms with Gasteiger partial charge in [-0.25, -0.2) is 0 Å². The van der Waals surface area contributed by atoms with E-state index in [2.05, 4.69) is 13.1 Å². The molecule has 0 aliphatic heterocycles. The standard InChI is InChI=1S/C12H13NO2.Y/c1-9(2)11(14)13(3)12(15)10-7-5-4-6-8-10;/h4-7,9H,3H2,1-2H3;/q-2;. The first-order valence-electron chi connectivity index (χ1n) is 4.69. The summed E-state index contributed by atoms with van der Waals surface area (Å²) in [6.45, 7) is 3.45. The number of rotatable bonds is 2. The average molecular weight is 292 g/mol. The number of carbonyl (C=O) groups is 2. The van der Waals surface area contributed by atoms with Crippen molar-refractivity contribution in [2.75, 3.05) is 0 Å². The minimum Gasteiger partial charge on any atom is -0.475 e. The molecule has 0 spiro atoms. The zero-order valence-electron chi connectivity index (χ0n) is 9.43. The summed E-state index contributed by atoms with van der Waals surface area (Å²) in [5.74, 6) is -0.957. The molecule has 2 amide bonds. The van der Waals surface area contributed by atoms with Crippen LogP contribution in [0.1, 0.15) is 24.2 Å². The Morgan fingerprint density at radius 1 is 1.38 bits per heavy atom. The minimum absolute atomic E-state index is 0. The van der Waals surface area contributed by atoms with Crippen LogP contribution in [-0.2, 0) is 37.5 Å². The number of hydrogen-bond donors (Lipinski definition) is 0. The maximum Gasteiger partial charge on any atom is 0.194 e. The van der Waals surface area contributed by atoms with Gasteiger partial charge in [0.05, 0.1) is 0 Å². The molecule has 0 bridgehead atoms. The van der Waals surface area contributed by atoms with Gasteiger partial charge in [0.1, 0.15) is 5.91 Å². The summed E-state index contributed by atoms with van der Waals surface area (Å²) in [6.07, 6.45) is 0. The van der Waals surface area contributed by atoms with Gasteiger partial charge in [-0.3, -0.25) is 11.8 Å². The summed E-state index contributed by atoms with van der Waals surface area (Å²) in [4.78, 5) is 24.1. The van der Waals surface area contributed by atoms with Crippen LogP contribution in [0.25, 0.3) is 0 Å². The fraction of sp³-hybridized carbons (Fsp3) is 0.250. The Labute approximate surface area is 121 Å². The fourth-order valence-electron chi connectivity index (χ4n) is 1.08. The minimum atomic E-state index is -0.422. The van der Waals surface area contributed by atoms with E-state index in [0.717, 1.165) is 4.90 Å². The molecule has 0 aliphatic rings. The first kappa shape index (κ1) is 15.5. The summed E-state index contributed by atoms with van der Waals surface area (Å²) in [5.41, 5.74) is 0.349. The number of nitrogens with zero attached hydrogens (tertiary/aromatic N) is 1. The van der Waals surface area contributed by atoms with Crippen molar-refractivity contribution in [2.24, 2.45) is 5.92 Å². The second-order valence-electron chi connectivity index (χ2n) is 3.50. The smallest absolute Gasteiger partial charge is 0.194 e. The molecule has 0 saturated heterocycles. The first-order chi connectivity index (χ1) is 7.04. The first-order valence-corrected chi connectivity index (χ1v) is 4.69. The van der Waals surface area contributed by atoms with Gasteiger partial charge in [-0.05, 0) is 0 Å². The van der Waals surface area contributed by atoms with Crippen molar-refractivity contribution < 1.29 is 42.3 Å². The number of imide groups is 1. The van der Waals surface area contributed by atoms with E-state index in [-0.39, 0.29) is 44.5 Å². The van der Waals surface area contributed by atoms with Crippen molar-refractivity contribution in [3.05, 3.63) is 42.9 Å². The van der Waals surface area contributed by atoms with Crippen LogP contribution >= 0.6 is 0 Å². The summed E-state index contributed by atoms with van der Waals surface area (Å²) in [5, 5.41) is 0. The third-order valence-electron chi connectivity index (χ3n) is 1.94. The summed E-state index contributed by atoms with van der Waals surface area (Å²) >= 11 is 0. The molecular formula is C12H13NO2Y-2. The van der Waals surface area contributed by atoms with Crippen molar-refractivity contribution in [1.82, 2.24) is 4.90 Å². The molecule has 0 heterocycles. The van der Waals surface area contributed by atoms with Crippen LogP contribution in [0.2, 0.25) is 0 Å². The molecule has 1 aromatic carbocycles. The zero-order valence-corrected chi connectivity index (χ0v) is 12.3. The Balaban J connectivity index is 0.00000225. The molecule has 0 atom stereocenters. The van der Waals surface area contributed by atoms with E-state index in [4.69, 9.17) is 0 Å². The summed E-state index contributed by atoms with van der Waals surface area (Å²) in [7, 11) is 3.45. The van der Waals surface area contributed by atoms with Crippen molar-refractivity contribution >= 4 is 11.8 Å². The van der Waals surface area contributed by atoms with Gasteiger partial charge in [0.2, 0.25) is 0 Å². The molecule has 16 heavy (non-hydrogen) atoms. The number of benzene rings is 1. The van der Waals surface area contributed by atoms with Crippen molar-refractivity contribution in [1.29, 1.82) is 0 Å². The normalized spacial score (nSPS) is 9.50. The molecule has 3 nitrogen and oxygen atoms in total. The largest absolute Gasteiger partial charge is 0.475 e. The van der Waals surface area contributed by atoms with Gasteiger partial charge < -0.3 is 9.69 Å². The van der Waals surface area contributed by atoms with Crippen molar-refractivity contribution in [3.63, 3.8) is 0 Å². The molecule has 0 aliphatic carbocycles. The van der Waals surface area contributed by atoms with Gasteiger partial charge in [0, 0.05) is 38.6 Å². The Morgan fingerprint density at radius 2 is 2.00 bits per heavy atom. The van der Waals surface area contributed by atoms with E-state index in [1.807, 2.05) is 0 Å². The Kier molecular flexibility index (Phi) is 6.69. The van der Waals surface area contributed by atoms with E-state index in [9.17, 15) is 9.59 Å². The maximum absolute atomic E-state index is 11.7. The van der Waals surface area contributed by atoms with Crippen LogP contribution in [0.5, 0.6) is 0 Å². The summed E-state index contributed by atoms with van der Waals surface area (Å²) < 4.78 is 0. The second-order valence-corrected chi connectivity index (χ2v) is 3.50. The van der Waals surface area contributed by atoms with Gasteiger partial charge in [0.15, 0.2) is 5.91 Å². The Bertz CT molecular complexity index is 363. The monoisotopic (exact) mass is 292 g/mol. The maximum atomic E-state index is 11.7. The predicted octanol–water partition coefficient (Wildman–Crippen LogP) is 1.90. The Hall–Kier alpha value is -0.536. The molecule has 0 saturated carbocycles. The average Bonchev–Trinajstić information content (AvgIpc) is 2.27. The zero-order chi connectivity index (χ0) is 11.4. The molecule has 0 aromatic heterocycles. The third-order valence-corrected chi connectivity index (χ3v) is 1.94. The van der Waals surface area contributed by atoms with Gasteiger partial charge >= 0.3 is 0 Å². The molecule has 1 rings (SSSR count). The molecule has 1 radical (unpaired) electrons. The van der Waals surface area contributed by atoms with E-state index in [1.165, 1.54) is 0 Å². The third kappa shape index (κ3) is 3.80. The quantitative estimate of drug-likeness (QED) is 0.781. The second kappa shape index (κ2) is 6.92. The van der Waals surface area contributed by atoms with Crippen molar-refractivity contribution in [2.45, 2.75) is 13.8 Å². The van der Waals surface area contributed by atoms with Crippen LogP contribution in [-0.4, -0.2) is 16.7 Å². The predicted molar refractivity (Wildman–Crippen MR) is 56.6 cm³/mol. The fourth-order valence-corrected chi connectivity index (χ4v) is 1.08. The van der Waals surface area contributed by atoms with Gasteiger partial charge in [-0.15, -0.1) is 30.3 Å². The van der Waals surface area contributed by atoms with Gasteiger partial charge in [-0.1, -0.05) is 19.4 Å². The van der Waals surface area contributed by atoms with E-state index in [0.29, 0.717) is 5.56 Å². The van der Waals surface area contributed by atoms with E-state index in [1.54, 1.807) is 38.1 Å². The SMILES string of the molecule is [CH2-]N(C(=O)c1[c-]cccc1)C(=O)C(C)C.[Y]. The number of hydrogen-bond acceptors (Lipinski definition) is 2. The number of carbonyl (C=O) groups excluding carboxylic acids is 2. The topological polar surface area (TPSA) is 37.4 Å². The summed E-state index contributed by atoms with van der Waals surface area (Å²) in [6, 6.07) is 9.47. The molecule has 1 aromatic rings. The van der Waals surface area contributed by atoms with Crippen LogP contribution in [0.3, 0.4) is 0 Å². The molecule has 4 heteroatoms. The molecule has 0 fully saturated rings. The van der Waals surface area contributed by atoms with Gasteiger partial charge in [0.25, 0.3) is 0 Å². The molecule has 83 valence electrons. The number of amides is 2. The van der Waals surface area contributed by atoms with Crippen LogP contribution in [0.15, 0.2) is 24.3 Å². The van der Waals surface area contributed by atoms with Crippen LogP contribution in [0.4, 0.5) is 0 Å². The van der Waals surface area contributed by atoms with Crippen molar-refractivity contribution in [3.8, 4) is 0 Å². The molecule has 0 N–H and O–H groups in total. The van der Waals surface area contributed by atoms with Crippen LogP contribution in [0, 0.1) is 19.0 Å². The van der Waals surface area contributed by atoms with E-state index < -0.39 is 5.91 Å². The molecule has 0 unspecified atom stereocenters.